The van der Waals surface area contributed by atoms with Crippen molar-refractivity contribution in [2.24, 2.45) is 0 Å². The van der Waals surface area contributed by atoms with Crippen LogP contribution in [0.2, 0.25) is 0 Å². The summed E-state index contributed by atoms with van der Waals surface area (Å²) in [5.74, 6) is -0.656. The summed E-state index contributed by atoms with van der Waals surface area (Å²) in [6, 6.07) is 0. The number of carbonyl (C=O) groups excluding carboxylic acids is 2. The van der Waals surface area contributed by atoms with Crippen LogP contribution in [0.3, 0.4) is 0 Å². The van der Waals surface area contributed by atoms with Gasteiger partial charge >= 0.3 is 0 Å². The van der Waals surface area contributed by atoms with Crippen molar-refractivity contribution in [3.63, 3.8) is 0 Å². The average Bonchev–Trinajstić information content (AvgIpc) is 2.43. The van der Waals surface area contributed by atoms with Crippen LogP contribution in [0, 0.1) is 0 Å². The highest BCUT2D eigenvalue weighted by Crippen LogP contribution is 2.13. The van der Waals surface area contributed by atoms with Gasteiger partial charge in [0.15, 0.2) is 5.11 Å². The molecule has 6 heteroatoms. The van der Waals surface area contributed by atoms with Crippen LogP contribution in [0.15, 0.2) is 12.2 Å². The number of rotatable bonds is 0. The van der Waals surface area contributed by atoms with Gasteiger partial charge in [0.25, 0.3) is 5.91 Å². The monoisotopic (exact) mass is 183 g/mol. The van der Waals surface area contributed by atoms with Gasteiger partial charge in [-0.2, -0.15) is 0 Å². The summed E-state index contributed by atoms with van der Waals surface area (Å²) < 4.78 is 0. The van der Waals surface area contributed by atoms with Crippen LogP contribution in [0.4, 0.5) is 0 Å². The molecule has 0 aromatic carbocycles. The van der Waals surface area contributed by atoms with E-state index in [1.807, 2.05) is 0 Å². The van der Waals surface area contributed by atoms with Gasteiger partial charge in [-0.15, -0.1) is 0 Å². The molecular formula is C6H5N3O2S. The molecule has 12 heavy (non-hydrogen) atoms. The van der Waals surface area contributed by atoms with Gasteiger partial charge in [-0.3, -0.25) is 14.9 Å². The Bertz CT molecular complexity index is 325. The van der Waals surface area contributed by atoms with Gasteiger partial charge in [0, 0.05) is 6.08 Å². The minimum atomic E-state index is -1.13. The zero-order valence-corrected chi connectivity index (χ0v) is 6.70. The topological polar surface area (TPSA) is 70.2 Å². The van der Waals surface area contributed by atoms with Crippen molar-refractivity contribution < 1.29 is 9.59 Å². The van der Waals surface area contributed by atoms with E-state index in [0.29, 0.717) is 0 Å². The molecule has 0 saturated carbocycles. The van der Waals surface area contributed by atoms with E-state index in [-0.39, 0.29) is 16.9 Å². The zero-order chi connectivity index (χ0) is 8.77. The molecule has 3 N–H and O–H groups in total. The van der Waals surface area contributed by atoms with Gasteiger partial charge in [-0.25, -0.2) is 0 Å². The van der Waals surface area contributed by atoms with Crippen LogP contribution in [-0.2, 0) is 9.59 Å². The summed E-state index contributed by atoms with van der Waals surface area (Å²) in [4.78, 5) is 22.0. The van der Waals surface area contributed by atoms with E-state index in [0.717, 1.165) is 0 Å². The second-order valence-corrected chi connectivity index (χ2v) is 2.95. The smallest absolute Gasteiger partial charge is 0.277 e. The molecule has 1 atom stereocenters. The van der Waals surface area contributed by atoms with E-state index >= 15 is 0 Å². The summed E-state index contributed by atoms with van der Waals surface area (Å²) in [5.41, 5.74) is -1.13. The van der Waals surface area contributed by atoms with Crippen LogP contribution in [0.25, 0.3) is 0 Å². The third-order valence-corrected chi connectivity index (χ3v) is 1.91. The van der Waals surface area contributed by atoms with Gasteiger partial charge < -0.3 is 10.6 Å². The van der Waals surface area contributed by atoms with Crippen molar-refractivity contribution in [1.29, 1.82) is 0 Å². The molecule has 2 aliphatic heterocycles. The fraction of sp³-hybridized carbons (Fsp3) is 0.167. The Balaban J connectivity index is 2.34. The molecule has 1 saturated heterocycles. The normalized spacial score (nSPS) is 32.2. The Morgan fingerprint density at radius 1 is 1.33 bits per heavy atom. The maximum absolute atomic E-state index is 11.2. The third-order valence-electron chi connectivity index (χ3n) is 1.70. The first-order valence-corrected chi connectivity index (χ1v) is 3.68. The Kier molecular flexibility index (Phi) is 1.23. The lowest BCUT2D eigenvalue weighted by Crippen LogP contribution is -2.55. The molecule has 0 aromatic rings. The summed E-state index contributed by atoms with van der Waals surface area (Å²) in [6.07, 6.45) is 2.74. The fourth-order valence-corrected chi connectivity index (χ4v) is 1.41. The van der Waals surface area contributed by atoms with Crippen LogP contribution in [0.1, 0.15) is 0 Å². The quantitative estimate of drug-likeness (QED) is 0.394. The van der Waals surface area contributed by atoms with Crippen LogP contribution >= 0.6 is 12.2 Å². The Morgan fingerprint density at radius 3 is 2.50 bits per heavy atom. The highest BCUT2D eigenvalue weighted by Gasteiger charge is 2.46. The Labute approximate surface area is 73.2 Å². The van der Waals surface area contributed by atoms with Crippen LogP contribution < -0.4 is 16.0 Å². The lowest BCUT2D eigenvalue weighted by molar-refractivity contribution is -0.126. The van der Waals surface area contributed by atoms with E-state index in [2.05, 4.69) is 16.0 Å². The van der Waals surface area contributed by atoms with Gasteiger partial charge in [-0.05, 0) is 18.3 Å². The number of hydrogen-bond acceptors (Lipinski definition) is 3. The Hall–Kier alpha value is -1.43. The molecule has 62 valence electrons. The number of thiocarbonyl (C=S) groups is 1. The SMILES string of the molecule is O=C1C=CC2(N1)NC(=S)NC2=O. The molecule has 2 aliphatic rings. The summed E-state index contributed by atoms with van der Waals surface area (Å²) in [7, 11) is 0. The number of carbonyl (C=O) groups is 2. The van der Waals surface area contributed by atoms with Crippen LogP contribution in [-0.4, -0.2) is 22.6 Å². The molecule has 0 aliphatic carbocycles. The van der Waals surface area contributed by atoms with Crippen molar-refractivity contribution in [3.05, 3.63) is 12.2 Å². The highest BCUT2D eigenvalue weighted by molar-refractivity contribution is 7.80. The molecule has 1 spiro atoms. The van der Waals surface area contributed by atoms with Gasteiger partial charge in [-0.1, -0.05) is 0 Å². The van der Waals surface area contributed by atoms with E-state index in [1.54, 1.807) is 0 Å². The van der Waals surface area contributed by atoms with E-state index in [9.17, 15) is 9.59 Å². The maximum Gasteiger partial charge on any atom is 0.277 e. The number of nitrogens with one attached hydrogen (secondary N) is 3. The average molecular weight is 183 g/mol. The first kappa shape index (κ1) is 7.23. The zero-order valence-electron chi connectivity index (χ0n) is 5.88. The molecule has 1 fully saturated rings. The van der Waals surface area contributed by atoms with Crippen molar-refractivity contribution in [3.8, 4) is 0 Å². The molecule has 2 heterocycles. The third kappa shape index (κ3) is 0.814. The first-order valence-electron chi connectivity index (χ1n) is 3.27. The predicted molar refractivity (Wildman–Crippen MR) is 43.9 cm³/mol. The van der Waals surface area contributed by atoms with E-state index in [4.69, 9.17) is 12.2 Å². The van der Waals surface area contributed by atoms with Gasteiger partial charge in [0.1, 0.15) is 0 Å². The molecular weight excluding hydrogens is 178 g/mol. The number of hydrogen-bond donors (Lipinski definition) is 3. The van der Waals surface area contributed by atoms with Crippen molar-refractivity contribution >= 4 is 29.1 Å². The number of amides is 2. The molecule has 0 radical (unpaired) electrons. The summed E-state index contributed by atoms with van der Waals surface area (Å²) in [6.45, 7) is 0. The minimum absolute atomic E-state index is 0.229. The maximum atomic E-state index is 11.2. The van der Waals surface area contributed by atoms with Gasteiger partial charge in [0.05, 0.1) is 0 Å². The molecule has 2 amide bonds. The largest absolute Gasteiger partial charge is 0.329 e. The standard InChI is InChI=1S/C6H5N3O2S/c10-3-1-2-6(8-3)4(11)7-5(12)9-6/h1-2H,(H,8,10)(H2,7,9,11,12). The van der Waals surface area contributed by atoms with E-state index in [1.165, 1.54) is 12.2 Å². The van der Waals surface area contributed by atoms with Crippen molar-refractivity contribution in [1.82, 2.24) is 16.0 Å². The van der Waals surface area contributed by atoms with Crippen molar-refractivity contribution in [2.75, 3.05) is 0 Å². The van der Waals surface area contributed by atoms with Crippen LogP contribution in [0.5, 0.6) is 0 Å². The summed E-state index contributed by atoms with van der Waals surface area (Å²) >= 11 is 4.72. The first-order chi connectivity index (χ1) is 5.62. The van der Waals surface area contributed by atoms with Crippen molar-refractivity contribution in [2.45, 2.75) is 5.66 Å². The van der Waals surface area contributed by atoms with E-state index < -0.39 is 5.66 Å². The second kappa shape index (κ2) is 2.04. The molecule has 0 bridgehead atoms. The molecule has 5 nitrogen and oxygen atoms in total. The Morgan fingerprint density at radius 2 is 2.08 bits per heavy atom. The molecule has 2 rings (SSSR count). The van der Waals surface area contributed by atoms with Gasteiger partial charge in [0.2, 0.25) is 11.6 Å². The summed E-state index contributed by atoms with van der Waals surface area (Å²) in [5, 5.41) is 7.72. The second-order valence-electron chi connectivity index (χ2n) is 2.54. The molecule has 0 aromatic heterocycles. The molecule has 1 unspecified atom stereocenters. The lowest BCUT2D eigenvalue weighted by atomic mass is 10.2. The lowest BCUT2D eigenvalue weighted by Gasteiger charge is -2.17. The highest BCUT2D eigenvalue weighted by atomic mass is 32.1. The predicted octanol–water partition coefficient (Wildman–Crippen LogP) is -1.63. The minimum Gasteiger partial charge on any atom is -0.329 e. The fourth-order valence-electron chi connectivity index (χ4n) is 1.15.